The molecule has 0 saturated heterocycles. The molecule has 6 aromatic carbocycles. The molecular formula is C43H33NO2. The van der Waals surface area contributed by atoms with Crippen molar-refractivity contribution >= 4 is 44.8 Å². The van der Waals surface area contributed by atoms with Gasteiger partial charge in [-0.3, -0.25) is 4.79 Å². The van der Waals surface area contributed by atoms with Crippen molar-refractivity contribution in [2.75, 3.05) is 4.90 Å². The number of fused-ring (bicyclic) bond motifs is 7. The van der Waals surface area contributed by atoms with E-state index >= 15 is 0 Å². The number of carbonyl (C=O) groups excluding carboxylic acids is 1. The lowest BCUT2D eigenvalue weighted by Crippen LogP contribution is -2.30. The lowest BCUT2D eigenvalue weighted by Gasteiger charge is -2.42. The Morgan fingerprint density at radius 1 is 0.500 bits per heavy atom. The van der Waals surface area contributed by atoms with Gasteiger partial charge in [-0.1, -0.05) is 113 Å². The third kappa shape index (κ3) is 3.63. The standard InChI is InChI=1S/C43H33NO2/c1-42(2)33-13-7-5-12-30(33)41(45)31-22-19-27(23-35(31)42)26-17-20-28(21-18-26)44-37-15-9-8-14-34(37)43(3,4)36-24-32-29-11-6-10-16-39(29)46-40(32)25-38(36)44/h5-25H,1-4H3. The molecule has 0 saturated carbocycles. The average molecular weight is 596 g/mol. The van der Waals surface area contributed by atoms with E-state index in [1.54, 1.807) is 0 Å². The maximum Gasteiger partial charge on any atom is 0.193 e. The molecule has 0 radical (unpaired) electrons. The van der Waals surface area contributed by atoms with E-state index in [0.717, 1.165) is 66.7 Å². The van der Waals surface area contributed by atoms with Gasteiger partial charge < -0.3 is 9.32 Å². The Morgan fingerprint density at radius 2 is 1.15 bits per heavy atom. The summed E-state index contributed by atoms with van der Waals surface area (Å²) in [5, 5.41) is 2.29. The maximum absolute atomic E-state index is 13.4. The van der Waals surface area contributed by atoms with Crippen molar-refractivity contribution in [2.24, 2.45) is 0 Å². The van der Waals surface area contributed by atoms with Gasteiger partial charge in [-0.15, -0.1) is 0 Å². The molecule has 0 amide bonds. The fraction of sp³-hybridized carbons (Fsp3) is 0.140. The van der Waals surface area contributed by atoms with E-state index in [-0.39, 0.29) is 16.6 Å². The van der Waals surface area contributed by atoms with Gasteiger partial charge in [0, 0.05) is 44.5 Å². The van der Waals surface area contributed by atoms with Gasteiger partial charge >= 0.3 is 0 Å². The summed E-state index contributed by atoms with van der Waals surface area (Å²) in [4.78, 5) is 15.8. The fourth-order valence-corrected chi connectivity index (χ4v) is 7.95. The number of benzene rings is 6. The summed E-state index contributed by atoms with van der Waals surface area (Å²) in [6.45, 7) is 9.07. The highest BCUT2D eigenvalue weighted by Crippen LogP contribution is 2.53. The number of carbonyl (C=O) groups is 1. The maximum atomic E-state index is 13.4. The summed E-state index contributed by atoms with van der Waals surface area (Å²) in [6.07, 6.45) is 0. The predicted octanol–water partition coefficient (Wildman–Crippen LogP) is 11.2. The van der Waals surface area contributed by atoms with Crippen molar-refractivity contribution in [3.8, 4) is 11.1 Å². The molecule has 222 valence electrons. The van der Waals surface area contributed by atoms with Crippen LogP contribution in [0, 0.1) is 0 Å². The van der Waals surface area contributed by atoms with Crippen LogP contribution in [-0.4, -0.2) is 5.78 Å². The first-order chi connectivity index (χ1) is 22.2. The van der Waals surface area contributed by atoms with Crippen molar-refractivity contribution < 1.29 is 9.21 Å². The van der Waals surface area contributed by atoms with Gasteiger partial charge in [-0.05, 0) is 69.8 Å². The molecule has 0 bridgehead atoms. The number of hydrogen-bond acceptors (Lipinski definition) is 3. The summed E-state index contributed by atoms with van der Waals surface area (Å²) >= 11 is 0. The van der Waals surface area contributed by atoms with Gasteiger partial charge in [-0.25, -0.2) is 0 Å². The van der Waals surface area contributed by atoms with Crippen LogP contribution in [0.15, 0.2) is 132 Å². The summed E-state index contributed by atoms with van der Waals surface area (Å²) in [7, 11) is 0. The van der Waals surface area contributed by atoms with Gasteiger partial charge in [0.2, 0.25) is 0 Å². The molecule has 0 N–H and O–H groups in total. The lowest BCUT2D eigenvalue weighted by atomic mass is 9.68. The largest absolute Gasteiger partial charge is 0.456 e. The molecule has 3 nitrogen and oxygen atoms in total. The SMILES string of the molecule is CC1(C)c2ccccc2C(=O)c2ccc(-c3ccc(N4c5ccccc5C(C)(C)c5cc6c(cc54)oc4ccccc46)cc3)cc21. The molecule has 1 aliphatic heterocycles. The highest BCUT2D eigenvalue weighted by Gasteiger charge is 2.38. The minimum absolute atomic E-state index is 0.107. The Hall–Kier alpha value is -5.41. The zero-order valence-electron chi connectivity index (χ0n) is 26.4. The number of rotatable bonds is 2. The van der Waals surface area contributed by atoms with Crippen LogP contribution in [-0.2, 0) is 10.8 Å². The molecule has 1 aliphatic carbocycles. The topological polar surface area (TPSA) is 33.5 Å². The number of furan rings is 1. The van der Waals surface area contributed by atoms with Crippen LogP contribution in [0.3, 0.4) is 0 Å². The second kappa shape index (κ2) is 9.31. The van der Waals surface area contributed by atoms with Gasteiger partial charge in [-0.2, -0.15) is 0 Å². The van der Waals surface area contributed by atoms with Gasteiger partial charge in [0.05, 0.1) is 11.4 Å². The summed E-state index contributed by atoms with van der Waals surface area (Å²) in [6, 6.07) is 44.7. The molecule has 9 rings (SSSR count). The Labute approximate surface area is 268 Å². The molecule has 2 heterocycles. The summed E-state index contributed by atoms with van der Waals surface area (Å²) in [5.74, 6) is 0.107. The smallest absolute Gasteiger partial charge is 0.193 e. The van der Waals surface area contributed by atoms with E-state index in [4.69, 9.17) is 4.42 Å². The Kier molecular flexibility index (Phi) is 5.45. The third-order valence-electron chi connectivity index (χ3n) is 10.5. The number of para-hydroxylation sites is 2. The Morgan fingerprint density at radius 3 is 1.98 bits per heavy atom. The minimum Gasteiger partial charge on any atom is -0.456 e. The first-order valence-corrected chi connectivity index (χ1v) is 16.0. The second-order valence-electron chi connectivity index (χ2n) is 13.7. The summed E-state index contributed by atoms with van der Waals surface area (Å²) < 4.78 is 6.38. The van der Waals surface area contributed by atoms with Gasteiger partial charge in [0.15, 0.2) is 5.78 Å². The normalized spacial score (nSPS) is 15.7. The van der Waals surface area contributed by atoms with Crippen LogP contribution in [0.5, 0.6) is 0 Å². The van der Waals surface area contributed by atoms with E-state index in [1.165, 1.54) is 16.8 Å². The molecule has 7 aromatic rings. The summed E-state index contributed by atoms with van der Waals surface area (Å²) in [5.41, 5.74) is 13.3. The molecule has 0 spiro atoms. The van der Waals surface area contributed by atoms with Crippen LogP contribution in [0.2, 0.25) is 0 Å². The Bertz CT molecular complexity index is 2390. The third-order valence-corrected chi connectivity index (χ3v) is 10.5. The number of anilines is 3. The average Bonchev–Trinajstić information content (AvgIpc) is 3.45. The van der Waals surface area contributed by atoms with Crippen molar-refractivity contribution in [2.45, 2.75) is 38.5 Å². The lowest BCUT2D eigenvalue weighted by molar-refractivity contribution is 0.103. The highest BCUT2D eigenvalue weighted by atomic mass is 16.3. The van der Waals surface area contributed by atoms with Crippen molar-refractivity contribution in [1.29, 1.82) is 0 Å². The zero-order chi connectivity index (χ0) is 31.4. The number of nitrogens with zero attached hydrogens (tertiary/aromatic N) is 1. The molecular weight excluding hydrogens is 562 g/mol. The van der Waals surface area contributed by atoms with Crippen LogP contribution in [0.4, 0.5) is 17.1 Å². The van der Waals surface area contributed by atoms with Crippen LogP contribution in [0.25, 0.3) is 33.1 Å². The molecule has 1 aromatic heterocycles. The van der Waals surface area contributed by atoms with Crippen molar-refractivity contribution in [3.05, 3.63) is 161 Å². The zero-order valence-corrected chi connectivity index (χ0v) is 26.4. The quantitative estimate of drug-likeness (QED) is 0.199. The monoisotopic (exact) mass is 595 g/mol. The van der Waals surface area contributed by atoms with Crippen molar-refractivity contribution in [1.82, 2.24) is 0 Å². The first-order valence-electron chi connectivity index (χ1n) is 16.0. The van der Waals surface area contributed by atoms with E-state index in [2.05, 4.69) is 124 Å². The molecule has 0 fully saturated rings. The van der Waals surface area contributed by atoms with E-state index in [0.29, 0.717) is 0 Å². The van der Waals surface area contributed by atoms with Crippen LogP contribution >= 0.6 is 0 Å². The first kappa shape index (κ1) is 26.9. The fourth-order valence-electron chi connectivity index (χ4n) is 7.95. The van der Waals surface area contributed by atoms with Gasteiger partial charge in [0.1, 0.15) is 11.2 Å². The molecule has 0 unspecified atom stereocenters. The van der Waals surface area contributed by atoms with E-state index in [1.807, 2.05) is 36.4 Å². The predicted molar refractivity (Wildman–Crippen MR) is 188 cm³/mol. The molecule has 3 heteroatoms. The minimum atomic E-state index is -0.272. The molecule has 2 aliphatic rings. The number of ketones is 1. The van der Waals surface area contributed by atoms with Gasteiger partial charge in [0.25, 0.3) is 0 Å². The number of hydrogen-bond donors (Lipinski definition) is 0. The van der Waals surface area contributed by atoms with Crippen LogP contribution in [0.1, 0.15) is 65.9 Å². The van der Waals surface area contributed by atoms with E-state index in [9.17, 15) is 4.79 Å². The second-order valence-corrected chi connectivity index (χ2v) is 13.7. The Balaban J connectivity index is 1.17. The van der Waals surface area contributed by atoms with Crippen molar-refractivity contribution in [3.63, 3.8) is 0 Å². The molecule has 0 atom stereocenters. The highest BCUT2D eigenvalue weighted by molar-refractivity contribution is 6.13. The van der Waals surface area contributed by atoms with E-state index < -0.39 is 0 Å². The molecule has 46 heavy (non-hydrogen) atoms. The van der Waals surface area contributed by atoms with Crippen LogP contribution < -0.4 is 4.90 Å².